The van der Waals surface area contributed by atoms with E-state index in [1.54, 1.807) is 11.3 Å². The summed E-state index contributed by atoms with van der Waals surface area (Å²) >= 11 is 3.72. The van der Waals surface area contributed by atoms with Gasteiger partial charge in [0, 0.05) is 43.0 Å². The van der Waals surface area contributed by atoms with E-state index in [1.165, 1.54) is 65.2 Å². The van der Waals surface area contributed by atoms with Gasteiger partial charge in [-0.05, 0) is 41.3 Å². The van der Waals surface area contributed by atoms with Gasteiger partial charge < -0.3 is 4.74 Å². The molecule has 0 aliphatic heterocycles. The van der Waals surface area contributed by atoms with Gasteiger partial charge in [-0.3, -0.25) is 0 Å². The van der Waals surface area contributed by atoms with Gasteiger partial charge in [0.25, 0.3) is 0 Å². The van der Waals surface area contributed by atoms with E-state index in [9.17, 15) is 0 Å². The largest absolute Gasteiger partial charge is 0.484 e. The molecule has 0 bridgehead atoms. The number of ether oxygens (including phenoxy) is 1. The van der Waals surface area contributed by atoms with E-state index in [2.05, 4.69) is 50.2 Å². The molecule has 0 amide bonds. The number of rotatable bonds is 4. The number of fused-ring (bicyclic) bond motifs is 6. The average molecular weight is 375 g/mol. The van der Waals surface area contributed by atoms with Crippen molar-refractivity contribution in [3.63, 3.8) is 0 Å². The second kappa shape index (κ2) is 5.21. The van der Waals surface area contributed by atoms with Gasteiger partial charge in [0.05, 0.1) is 6.61 Å². The van der Waals surface area contributed by atoms with Gasteiger partial charge >= 0.3 is 0 Å². The Morgan fingerprint density at radius 3 is 2.08 bits per heavy atom. The minimum atomic E-state index is 0.815. The predicted octanol–water partition coefficient (Wildman–Crippen LogP) is 7.74. The number of aryl methyl sites for hydroxylation is 1. The van der Waals surface area contributed by atoms with Crippen molar-refractivity contribution in [3.05, 3.63) is 41.3 Å². The van der Waals surface area contributed by atoms with Crippen LogP contribution in [0, 0.1) is 6.92 Å². The summed E-state index contributed by atoms with van der Waals surface area (Å²) in [5.41, 5.74) is 8.37. The lowest BCUT2D eigenvalue weighted by molar-refractivity contribution is 0.318. The lowest BCUT2D eigenvalue weighted by Gasteiger charge is -2.07. The van der Waals surface area contributed by atoms with E-state index in [-0.39, 0.29) is 0 Å². The molecule has 0 spiro atoms. The first-order chi connectivity index (χ1) is 12.8. The highest BCUT2D eigenvalue weighted by Crippen LogP contribution is 2.59. The average Bonchev–Trinajstić information content (AvgIpc) is 3.34. The smallest absolute Gasteiger partial charge is 0.174 e. The molecule has 6 rings (SSSR count). The lowest BCUT2D eigenvalue weighted by Crippen LogP contribution is -1.93. The Labute approximate surface area is 160 Å². The van der Waals surface area contributed by atoms with Crippen molar-refractivity contribution < 1.29 is 4.74 Å². The molecular formula is C23H18OS2. The van der Waals surface area contributed by atoms with Crippen molar-refractivity contribution in [2.45, 2.75) is 26.7 Å². The minimum absolute atomic E-state index is 0.815. The van der Waals surface area contributed by atoms with Crippen LogP contribution in [0.2, 0.25) is 0 Å². The molecule has 26 heavy (non-hydrogen) atoms. The van der Waals surface area contributed by atoms with Crippen molar-refractivity contribution in [1.82, 2.24) is 0 Å². The third kappa shape index (κ3) is 1.80. The van der Waals surface area contributed by atoms with Gasteiger partial charge in [-0.25, -0.2) is 0 Å². The molecule has 2 aliphatic rings. The second-order valence-corrected chi connectivity index (χ2v) is 9.45. The van der Waals surface area contributed by atoms with Crippen LogP contribution in [-0.4, -0.2) is 6.61 Å². The maximum Gasteiger partial charge on any atom is 0.174 e. The Morgan fingerprint density at radius 2 is 1.38 bits per heavy atom. The molecule has 0 N–H and O–H groups in total. The van der Waals surface area contributed by atoms with Crippen LogP contribution in [0.5, 0.6) is 5.06 Å². The summed E-state index contributed by atoms with van der Waals surface area (Å²) in [6, 6.07) is 13.9. The normalized spacial score (nSPS) is 12.7. The molecule has 2 aromatic carbocycles. The number of hydrogen-bond acceptors (Lipinski definition) is 3. The van der Waals surface area contributed by atoms with Crippen LogP contribution < -0.4 is 4.74 Å². The summed E-state index contributed by atoms with van der Waals surface area (Å²) < 4.78 is 5.99. The van der Waals surface area contributed by atoms with Crippen molar-refractivity contribution in [1.29, 1.82) is 0 Å². The maximum atomic E-state index is 5.99. The highest BCUT2D eigenvalue weighted by Gasteiger charge is 2.31. The molecule has 1 nitrogen and oxygen atoms in total. The molecule has 128 valence electrons. The first-order valence-corrected chi connectivity index (χ1v) is 10.9. The molecule has 0 saturated carbocycles. The number of thiophene rings is 2. The Morgan fingerprint density at radius 1 is 0.769 bits per heavy atom. The summed E-state index contributed by atoms with van der Waals surface area (Å²) in [4.78, 5) is 4.21. The number of unbranched alkanes of at least 4 members (excludes halogenated alkanes) is 1. The van der Waals surface area contributed by atoms with Gasteiger partial charge in [0.15, 0.2) is 5.06 Å². The highest BCUT2D eigenvalue weighted by atomic mass is 32.1. The molecule has 0 saturated heterocycles. The second-order valence-electron chi connectivity index (χ2n) is 7.18. The maximum absolute atomic E-state index is 5.99. The fourth-order valence-corrected chi connectivity index (χ4v) is 6.53. The van der Waals surface area contributed by atoms with Gasteiger partial charge in [-0.1, -0.05) is 48.9 Å². The molecule has 0 atom stereocenters. The third-order valence-electron chi connectivity index (χ3n) is 5.54. The van der Waals surface area contributed by atoms with Crippen LogP contribution in [-0.2, 0) is 0 Å². The van der Waals surface area contributed by atoms with Gasteiger partial charge in [-0.15, -0.1) is 11.3 Å². The van der Waals surface area contributed by atoms with Gasteiger partial charge in [0.1, 0.15) is 0 Å². The summed E-state index contributed by atoms with van der Waals surface area (Å²) in [6.45, 7) is 5.22. The first-order valence-electron chi connectivity index (χ1n) is 9.24. The van der Waals surface area contributed by atoms with Crippen molar-refractivity contribution in [2.24, 2.45) is 0 Å². The van der Waals surface area contributed by atoms with E-state index in [4.69, 9.17) is 4.74 Å². The first kappa shape index (κ1) is 15.0. The summed E-state index contributed by atoms with van der Waals surface area (Å²) in [5, 5.41) is 3.96. The van der Waals surface area contributed by atoms with Gasteiger partial charge in [-0.2, -0.15) is 0 Å². The molecule has 3 heteroatoms. The minimum Gasteiger partial charge on any atom is -0.484 e. The van der Waals surface area contributed by atoms with Crippen molar-refractivity contribution in [3.8, 4) is 48.2 Å². The van der Waals surface area contributed by atoms with Crippen molar-refractivity contribution >= 4 is 33.4 Å². The molecule has 2 aromatic heterocycles. The van der Waals surface area contributed by atoms with Crippen LogP contribution in [0.15, 0.2) is 36.4 Å². The lowest BCUT2D eigenvalue weighted by atomic mass is 9.98. The molecule has 0 fully saturated rings. The quantitative estimate of drug-likeness (QED) is 0.287. The summed E-state index contributed by atoms with van der Waals surface area (Å²) in [7, 11) is 0. The molecule has 2 aliphatic carbocycles. The van der Waals surface area contributed by atoms with Crippen LogP contribution in [0.25, 0.3) is 53.9 Å². The number of benzene rings is 2. The summed E-state index contributed by atoms with van der Waals surface area (Å²) in [5.74, 6) is 0. The molecule has 2 heterocycles. The van der Waals surface area contributed by atoms with Crippen LogP contribution >= 0.6 is 22.7 Å². The molecular weight excluding hydrogens is 356 g/mol. The SMILES string of the molecule is CCCCOc1cc2c(s1)-c1ccc3c4c(ccc-2c14)-c1cc(C)sc1-3. The van der Waals surface area contributed by atoms with Crippen LogP contribution in [0.3, 0.4) is 0 Å². The van der Waals surface area contributed by atoms with E-state index in [1.807, 2.05) is 11.3 Å². The zero-order chi connectivity index (χ0) is 17.4. The third-order valence-corrected chi connectivity index (χ3v) is 7.70. The Kier molecular flexibility index (Phi) is 3.01. The van der Waals surface area contributed by atoms with Gasteiger partial charge in [0.2, 0.25) is 0 Å². The van der Waals surface area contributed by atoms with E-state index in [0.717, 1.165) is 18.1 Å². The fraction of sp³-hybridized carbons (Fsp3) is 0.217. The Bertz CT molecular complexity index is 1130. The van der Waals surface area contributed by atoms with Crippen LogP contribution in [0.1, 0.15) is 24.6 Å². The standard InChI is InChI=1S/C23H18OS2/c1-3-4-9-24-19-11-18-14-6-5-13-17-10-12(2)25-22(17)15-7-8-16(23(18)26-19)21(14)20(13)15/h5-8,10-11H,3-4,9H2,1-2H3. The topological polar surface area (TPSA) is 9.23 Å². The van der Waals surface area contributed by atoms with Crippen LogP contribution in [0.4, 0.5) is 0 Å². The van der Waals surface area contributed by atoms with E-state index < -0.39 is 0 Å². The zero-order valence-electron chi connectivity index (χ0n) is 14.8. The predicted molar refractivity (Wildman–Crippen MR) is 114 cm³/mol. The van der Waals surface area contributed by atoms with E-state index in [0.29, 0.717) is 0 Å². The van der Waals surface area contributed by atoms with Crippen molar-refractivity contribution in [2.75, 3.05) is 6.61 Å². The molecule has 4 aromatic rings. The van der Waals surface area contributed by atoms with E-state index >= 15 is 0 Å². The molecule has 0 unspecified atom stereocenters. The summed E-state index contributed by atoms with van der Waals surface area (Å²) in [6.07, 6.45) is 2.28. The zero-order valence-corrected chi connectivity index (χ0v) is 16.4. The Balaban J connectivity index is 1.55. The number of hydrogen-bond donors (Lipinski definition) is 0. The molecule has 0 radical (unpaired) electrons. The fourth-order valence-electron chi connectivity index (χ4n) is 4.39. The highest BCUT2D eigenvalue weighted by molar-refractivity contribution is 7.18. The Hall–Kier alpha value is -2.10. The monoisotopic (exact) mass is 374 g/mol.